The number of anilines is 1. The molecule has 10 heteroatoms. The van der Waals surface area contributed by atoms with E-state index in [1.807, 2.05) is 0 Å². The highest BCUT2D eigenvalue weighted by Crippen LogP contribution is 2.08. The molecule has 17 heavy (non-hydrogen) atoms. The van der Waals surface area contributed by atoms with Gasteiger partial charge in [0.25, 0.3) is 0 Å². The fraction of sp³-hybridized carbons (Fsp3) is 0.429. The van der Waals surface area contributed by atoms with Crippen LogP contribution in [-0.4, -0.2) is 55.6 Å². The van der Waals surface area contributed by atoms with Gasteiger partial charge in [-0.1, -0.05) is 0 Å². The van der Waals surface area contributed by atoms with Crippen LogP contribution in [0.15, 0.2) is 12.4 Å². The number of ether oxygens (including phenoxy) is 1. The summed E-state index contributed by atoms with van der Waals surface area (Å²) in [5, 5.41) is 17.7. The predicted molar refractivity (Wildman–Crippen MR) is 61.1 cm³/mol. The van der Waals surface area contributed by atoms with Crippen LogP contribution < -0.4 is 9.77 Å². The zero-order valence-corrected chi connectivity index (χ0v) is 10.1. The highest BCUT2D eigenvalue weighted by Gasteiger charge is 2.21. The molecule has 1 aromatic rings. The van der Waals surface area contributed by atoms with E-state index in [0.717, 1.165) is 23.0 Å². The zero-order chi connectivity index (χ0) is 13.1. The Morgan fingerprint density at radius 2 is 1.94 bits per heavy atom. The maximum absolute atomic E-state index is 11.4. The molecule has 8 nitrogen and oxygen atoms in total. The molecule has 94 valence electrons. The standard InChI is InChI=1S/C7H12BN3O5S/c1-16-5-11(17(2,14)15)7-9-3-6(4-10-7)8(12)13/h3-4,12-13H,5H2,1-2H3. The van der Waals surface area contributed by atoms with Crippen LogP contribution in [-0.2, 0) is 14.8 Å². The summed E-state index contributed by atoms with van der Waals surface area (Å²) in [6.07, 6.45) is 3.24. The van der Waals surface area contributed by atoms with Crippen molar-refractivity contribution >= 4 is 28.6 Å². The number of sulfonamides is 1. The molecule has 0 saturated carbocycles. The summed E-state index contributed by atoms with van der Waals surface area (Å²) < 4.78 is 28.4. The maximum atomic E-state index is 11.4. The second kappa shape index (κ2) is 5.40. The van der Waals surface area contributed by atoms with Crippen molar-refractivity contribution < 1.29 is 23.2 Å². The van der Waals surface area contributed by atoms with Crippen LogP contribution in [0.4, 0.5) is 5.95 Å². The van der Waals surface area contributed by atoms with E-state index >= 15 is 0 Å². The molecule has 0 aliphatic carbocycles. The van der Waals surface area contributed by atoms with E-state index in [4.69, 9.17) is 14.8 Å². The first kappa shape index (κ1) is 13.8. The van der Waals surface area contributed by atoms with Crippen molar-refractivity contribution in [3.05, 3.63) is 12.4 Å². The highest BCUT2D eigenvalue weighted by atomic mass is 32.2. The second-order valence-electron chi connectivity index (χ2n) is 3.22. The van der Waals surface area contributed by atoms with Gasteiger partial charge >= 0.3 is 7.12 Å². The second-order valence-corrected chi connectivity index (χ2v) is 5.13. The molecule has 0 atom stereocenters. The number of hydrogen-bond donors (Lipinski definition) is 2. The molecular formula is C7H12BN3O5S. The number of nitrogens with zero attached hydrogens (tertiary/aromatic N) is 3. The molecule has 0 bridgehead atoms. The van der Waals surface area contributed by atoms with Gasteiger partial charge in [-0.3, -0.25) is 0 Å². The van der Waals surface area contributed by atoms with Crippen LogP contribution in [0, 0.1) is 0 Å². The third-order valence-electron chi connectivity index (χ3n) is 1.83. The van der Waals surface area contributed by atoms with Gasteiger partial charge in [-0.2, -0.15) is 0 Å². The Morgan fingerprint density at radius 3 is 2.29 bits per heavy atom. The van der Waals surface area contributed by atoms with Gasteiger partial charge in [0.05, 0.1) is 6.26 Å². The van der Waals surface area contributed by atoms with Crippen molar-refractivity contribution in [2.24, 2.45) is 0 Å². The number of hydrogen-bond acceptors (Lipinski definition) is 7. The van der Waals surface area contributed by atoms with Crippen molar-refractivity contribution in [3.8, 4) is 0 Å². The topological polar surface area (TPSA) is 113 Å². The molecule has 0 fully saturated rings. The van der Waals surface area contributed by atoms with Crippen molar-refractivity contribution in [2.45, 2.75) is 0 Å². The van der Waals surface area contributed by atoms with E-state index in [0.29, 0.717) is 0 Å². The van der Waals surface area contributed by atoms with Crippen LogP contribution in [0.2, 0.25) is 0 Å². The van der Waals surface area contributed by atoms with Gasteiger partial charge < -0.3 is 14.8 Å². The van der Waals surface area contributed by atoms with Gasteiger partial charge in [0.2, 0.25) is 16.0 Å². The lowest BCUT2D eigenvalue weighted by molar-refractivity contribution is 0.209. The smallest absolute Gasteiger partial charge is 0.423 e. The summed E-state index contributed by atoms with van der Waals surface area (Å²) in [5.74, 6) is -0.0984. The molecule has 1 aromatic heterocycles. The summed E-state index contributed by atoms with van der Waals surface area (Å²) in [6.45, 7) is -0.222. The zero-order valence-electron chi connectivity index (χ0n) is 9.31. The average Bonchev–Trinajstić information content (AvgIpc) is 2.24. The normalized spacial score (nSPS) is 11.3. The van der Waals surface area contributed by atoms with E-state index in [1.165, 1.54) is 7.11 Å². The van der Waals surface area contributed by atoms with Gasteiger partial charge in [-0.15, -0.1) is 0 Å². The molecular weight excluding hydrogens is 249 g/mol. The summed E-state index contributed by atoms with van der Waals surface area (Å²) >= 11 is 0. The van der Waals surface area contributed by atoms with Crippen LogP contribution in [0.1, 0.15) is 0 Å². The lowest BCUT2D eigenvalue weighted by Crippen LogP contribution is -2.35. The molecule has 0 amide bonds. The average molecular weight is 261 g/mol. The molecule has 0 unspecified atom stereocenters. The monoisotopic (exact) mass is 261 g/mol. The van der Waals surface area contributed by atoms with Crippen LogP contribution >= 0.6 is 0 Å². The van der Waals surface area contributed by atoms with Crippen molar-refractivity contribution in [3.63, 3.8) is 0 Å². The van der Waals surface area contributed by atoms with Crippen molar-refractivity contribution in [2.75, 3.05) is 24.4 Å². The first-order chi connectivity index (χ1) is 7.86. The van der Waals surface area contributed by atoms with Crippen molar-refractivity contribution in [1.29, 1.82) is 0 Å². The molecule has 0 aliphatic rings. The van der Waals surface area contributed by atoms with E-state index in [1.54, 1.807) is 0 Å². The van der Waals surface area contributed by atoms with Gasteiger partial charge in [0.15, 0.2) is 0 Å². The molecule has 0 aliphatic heterocycles. The van der Waals surface area contributed by atoms with E-state index in [9.17, 15) is 8.42 Å². The predicted octanol–water partition coefficient (Wildman–Crippen LogP) is -2.47. The lowest BCUT2D eigenvalue weighted by Gasteiger charge is -2.18. The van der Waals surface area contributed by atoms with Crippen LogP contribution in [0.5, 0.6) is 0 Å². The molecule has 2 N–H and O–H groups in total. The number of rotatable bonds is 5. The third-order valence-corrected chi connectivity index (χ3v) is 2.90. The Balaban J connectivity index is 3.04. The lowest BCUT2D eigenvalue weighted by atomic mass is 9.83. The number of methoxy groups -OCH3 is 1. The molecule has 1 heterocycles. The van der Waals surface area contributed by atoms with E-state index < -0.39 is 17.1 Å². The SMILES string of the molecule is COCN(c1ncc(B(O)O)cn1)S(C)(=O)=O. The van der Waals surface area contributed by atoms with Gasteiger partial charge in [0.1, 0.15) is 6.73 Å². The molecule has 0 saturated heterocycles. The minimum atomic E-state index is -3.55. The molecule has 0 radical (unpaired) electrons. The Hall–Kier alpha value is -1.23. The first-order valence-electron chi connectivity index (χ1n) is 4.51. The van der Waals surface area contributed by atoms with Crippen LogP contribution in [0.3, 0.4) is 0 Å². The van der Waals surface area contributed by atoms with E-state index in [-0.39, 0.29) is 18.1 Å². The summed E-state index contributed by atoms with van der Waals surface area (Å²) in [6, 6.07) is 0. The molecule has 0 spiro atoms. The summed E-state index contributed by atoms with van der Waals surface area (Å²) in [7, 11) is -3.91. The third kappa shape index (κ3) is 3.63. The first-order valence-corrected chi connectivity index (χ1v) is 6.36. The Bertz CT molecular complexity index is 463. The van der Waals surface area contributed by atoms with Crippen LogP contribution in [0.25, 0.3) is 0 Å². The van der Waals surface area contributed by atoms with Gasteiger partial charge in [-0.05, 0) is 0 Å². The molecule has 1 rings (SSSR count). The summed E-state index contributed by atoms with van der Waals surface area (Å²) in [5.41, 5.74) is 0.0691. The van der Waals surface area contributed by atoms with Gasteiger partial charge in [0, 0.05) is 25.0 Å². The summed E-state index contributed by atoms with van der Waals surface area (Å²) in [4.78, 5) is 7.44. The highest BCUT2D eigenvalue weighted by molar-refractivity contribution is 7.92. The van der Waals surface area contributed by atoms with Gasteiger partial charge in [-0.25, -0.2) is 22.7 Å². The van der Waals surface area contributed by atoms with Crippen molar-refractivity contribution in [1.82, 2.24) is 9.97 Å². The number of aromatic nitrogens is 2. The Labute approximate surface area is 99.1 Å². The Kier molecular flexibility index (Phi) is 4.40. The minimum absolute atomic E-state index is 0.0691. The fourth-order valence-corrected chi connectivity index (χ4v) is 1.70. The largest absolute Gasteiger partial charge is 0.491 e. The molecule has 0 aromatic carbocycles. The van der Waals surface area contributed by atoms with E-state index in [2.05, 4.69) is 9.97 Å². The fourth-order valence-electron chi connectivity index (χ4n) is 1.01. The maximum Gasteiger partial charge on any atom is 0.491 e. The Morgan fingerprint density at radius 1 is 1.41 bits per heavy atom. The minimum Gasteiger partial charge on any atom is -0.423 e. The quantitative estimate of drug-likeness (QED) is 0.446.